The lowest BCUT2D eigenvalue weighted by molar-refractivity contribution is 0.1000. The summed E-state index contributed by atoms with van der Waals surface area (Å²) >= 11 is 6.03. The van der Waals surface area contributed by atoms with Crippen LogP contribution in [0.1, 0.15) is 23.2 Å². The number of primary amides is 1. The second kappa shape index (κ2) is 6.54. The lowest BCUT2D eigenvalue weighted by Gasteiger charge is -2.14. The van der Waals surface area contributed by atoms with Crippen molar-refractivity contribution in [1.29, 1.82) is 0 Å². The second-order valence-electron chi connectivity index (χ2n) is 4.28. The number of halogens is 1. The van der Waals surface area contributed by atoms with E-state index in [1.165, 1.54) is 17.8 Å². The largest absolute Gasteiger partial charge is 0.377 e. The van der Waals surface area contributed by atoms with E-state index in [2.05, 4.69) is 16.4 Å². The van der Waals surface area contributed by atoms with E-state index in [-0.39, 0.29) is 0 Å². The van der Waals surface area contributed by atoms with Gasteiger partial charge in [-0.3, -0.25) is 4.79 Å². The van der Waals surface area contributed by atoms with Crippen LogP contribution in [-0.4, -0.2) is 30.6 Å². The molecule has 0 bridgehead atoms. The smallest absolute Gasteiger partial charge is 0.250 e. The lowest BCUT2D eigenvalue weighted by atomic mass is 10.1. The number of pyridine rings is 1. The van der Waals surface area contributed by atoms with Crippen molar-refractivity contribution < 1.29 is 9.53 Å². The van der Waals surface area contributed by atoms with Gasteiger partial charge in [-0.1, -0.05) is 23.3 Å². The quantitative estimate of drug-likeness (QED) is 0.809. The van der Waals surface area contributed by atoms with Crippen LogP contribution < -0.4 is 11.1 Å². The number of nitrogens with one attached hydrogen (secondary N) is 1. The maximum Gasteiger partial charge on any atom is 0.250 e. The van der Waals surface area contributed by atoms with Gasteiger partial charge in [0.1, 0.15) is 5.82 Å². The zero-order chi connectivity index (χ0) is 13.7. The van der Waals surface area contributed by atoms with Crippen molar-refractivity contribution in [2.24, 2.45) is 5.73 Å². The van der Waals surface area contributed by atoms with E-state index >= 15 is 0 Å². The minimum atomic E-state index is -0.534. The summed E-state index contributed by atoms with van der Waals surface area (Å²) in [4.78, 5) is 15.1. The molecule has 102 valence electrons. The van der Waals surface area contributed by atoms with Gasteiger partial charge in [0, 0.05) is 12.7 Å². The van der Waals surface area contributed by atoms with Crippen LogP contribution in [0.25, 0.3) is 0 Å². The second-order valence-corrected chi connectivity index (χ2v) is 4.69. The summed E-state index contributed by atoms with van der Waals surface area (Å²) in [5.41, 5.74) is 6.84. The Morgan fingerprint density at radius 1 is 1.58 bits per heavy atom. The molecule has 0 aromatic carbocycles. The Kier molecular flexibility index (Phi) is 4.76. The van der Waals surface area contributed by atoms with Gasteiger partial charge < -0.3 is 15.8 Å². The van der Waals surface area contributed by atoms with E-state index in [9.17, 15) is 4.79 Å². The minimum Gasteiger partial charge on any atom is -0.377 e. The van der Waals surface area contributed by atoms with Crippen molar-refractivity contribution in [2.75, 3.05) is 25.1 Å². The molecule has 1 aromatic heterocycles. The first-order valence-corrected chi connectivity index (χ1v) is 6.49. The number of amides is 1. The molecule has 1 amide bonds. The average molecular weight is 282 g/mol. The Hall–Kier alpha value is -1.59. The molecule has 2 rings (SSSR count). The standard InChI is InChI=1S/C13H16ClN3O2/c14-11-7-10(12(15)18)8-17-13(11)16-4-1-9-2-5-19-6-3-9/h2,7-8H,1,3-6H2,(H2,15,18)(H,16,17). The monoisotopic (exact) mass is 281 g/mol. The van der Waals surface area contributed by atoms with Crippen molar-refractivity contribution in [2.45, 2.75) is 12.8 Å². The summed E-state index contributed by atoms with van der Waals surface area (Å²) in [5, 5.41) is 3.55. The fourth-order valence-corrected chi connectivity index (χ4v) is 2.07. The number of hydrogen-bond donors (Lipinski definition) is 2. The van der Waals surface area contributed by atoms with Crippen LogP contribution in [0.5, 0.6) is 0 Å². The predicted molar refractivity (Wildman–Crippen MR) is 74.4 cm³/mol. The van der Waals surface area contributed by atoms with E-state index in [0.29, 0.717) is 23.0 Å². The number of carbonyl (C=O) groups is 1. The van der Waals surface area contributed by atoms with Crippen LogP contribution in [0.2, 0.25) is 5.02 Å². The van der Waals surface area contributed by atoms with Gasteiger partial charge in [-0.25, -0.2) is 4.98 Å². The molecule has 0 saturated heterocycles. The van der Waals surface area contributed by atoms with Gasteiger partial charge in [-0.05, 0) is 18.9 Å². The molecule has 1 aliphatic heterocycles. The highest BCUT2D eigenvalue weighted by molar-refractivity contribution is 6.33. The third-order valence-electron chi connectivity index (χ3n) is 2.92. The van der Waals surface area contributed by atoms with E-state index < -0.39 is 5.91 Å². The first-order chi connectivity index (χ1) is 9.16. The van der Waals surface area contributed by atoms with Gasteiger partial charge >= 0.3 is 0 Å². The Balaban J connectivity index is 1.89. The topological polar surface area (TPSA) is 77.2 Å². The Morgan fingerprint density at radius 2 is 2.42 bits per heavy atom. The van der Waals surface area contributed by atoms with E-state index in [4.69, 9.17) is 22.1 Å². The van der Waals surface area contributed by atoms with Crippen LogP contribution in [0.15, 0.2) is 23.9 Å². The van der Waals surface area contributed by atoms with Crippen LogP contribution in [0, 0.1) is 0 Å². The van der Waals surface area contributed by atoms with Gasteiger partial charge in [0.15, 0.2) is 0 Å². The van der Waals surface area contributed by atoms with Crippen molar-refractivity contribution in [3.8, 4) is 0 Å². The number of hydrogen-bond acceptors (Lipinski definition) is 4. The highest BCUT2D eigenvalue weighted by Crippen LogP contribution is 2.20. The van der Waals surface area contributed by atoms with Crippen molar-refractivity contribution in [1.82, 2.24) is 4.98 Å². The molecular formula is C13H16ClN3O2. The fraction of sp³-hybridized carbons (Fsp3) is 0.385. The third-order valence-corrected chi connectivity index (χ3v) is 3.21. The molecule has 2 heterocycles. The molecule has 19 heavy (non-hydrogen) atoms. The predicted octanol–water partition coefficient (Wildman–Crippen LogP) is 1.98. The minimum absolute atomic E-state index is 0.308. The number of carbonyl (C=O) groups excluding carboxylic acids is 1. The number of aromatic nitrogens is 1. The summed E-state index contributed by atoms with van der Waals surface area (Å²) in [5.74, 6) is 0.0348. The molecule has 1 aromatic rings. The molecule has 0 aliphatic carbocycles. The summed E-state index contributed by atoms with van der Waals surface area (Å²) < 4.78 is 5.24. The van der Waals surface area contributed by atoms with E-state index in [1.807, 2.05) is 0 Å². The summed E-state index contributed by atoms with van der Waals surface area (Å²) in [7, 11) is 0. The highest BCUT2D eigenvalue weighted by atomic mass is 35.5. The van der Waals surface area contributed by atoms with Crippen LogP contribution in [-0.2, 0) is 4.74 Å². The number of rotatable bonds is 5. The maximum atomic E-state index is 11.0. The molecule has 0 saturated carbocycles. The molecule has 3 N–H and O–H groups in total. The Bertz CT molecular complexity index is 503. The average Bonchev–Trinajstić information content (AvgIpc) is 2.41. The van der Waals surface area contributed by atoms with Crippen molar-refractivity contribution in [3.63, 3.8) is 0 Å². The molecular weight excluding hydrogens is 266 g/mol. The molecule has 6 heteroatoms. The molecule has 0 radical (unpaired) electrons. The first kappa shape index (κ1) is 13.8. The zero-order valence-corrected chi connectivity index (χ0v) is 11.2. The van der Waals surface area contributed by atoms with Gasteiger partial charge in [0.2, 0.25) is 5.91 Å². The maximum absolute atomic E-state index is 11.0. The van der Waals surface area contributed by atoms with Crippen molar-refractivity contribution >= 4 is 23.3 Å². The van der Waals surface area contributed by atoms with Gasteiger partial charge in [-0.2, -0.15) is 0 Å². The molecule has 0 unspecified atom stereocenters. The summed E-state index contributed by atoms with van der Waals surface area (Å²) in [6.45, 7) is 2.23. The normalized spacial score (nSPS) is 14.9. The van der Waals surface area contributed by atoms with E-state index in [1.54, 1.807) is 0 Å². The highest BCUT2D eigenvalue weighted by Gasteiger charge is 2.08. The molecule has 0 fully saturated rings. The van der Waals surface area contributed by atoms with Gasteiger partial charge in [-0.15, -0.1) is 0 Å². The van der Waals surface area contributed by atoms with Gasteiger partial charge in [0.25, 0.3) is 0 Å². The fourth-order valence-electron chi connectivity index (χ4n) is 1.84. The third kappa shape index (κ3) is 3.94. The molecule has 1 aliphatic rings. The summed E-state index contributed by atoms with van der Waals surface area (Å²) in [6, 6.07) is 1.52. The molecule has 5 nitrogen and oxygen atoms in total. The van der Waals surface area contributed by atoms with Gasteiger partial charge in [0.05, 0.1) is 23.8 Å². The molecule has 0 spiro atoms. The number of nitrogens with zero attached hydrogens (tertiary/aromatic N) is 1. The lowest BCUT2D eigenvalue weighted by Crippen LogP contribution is -2.13. The number of nitrogens with two attached hydrogens (primary N) is 1. The zero-order valence-electron chi connectivity index (χ0n) is 10.5. The van der Waals surface area contributed by atoms with Crippen LogP contribution in [0.3, 0.4) is 0 Å². The number of ether oxygens (including phenoxy) is 1. The summed E-state index contributed by atoms with van der Waals surface area (Å²) in [6.07, 6.45) is 5.43. The SMILES string of the molecule is NC(=O)c1cnc(NCCC2=CCOCC2)c(Cl)c1. The van der Waals surface area contributed by atoms with Crippen LogP contribution >= 0.6 is 11.6 Å². The molecule has 0 atom stereocenters. The Morgan fingerprint density at radius 3 is 3.05 bits per heavy atom. The van der Waals surface area contributed by atoms with Crippen LogP contribution in [0.4, 0.5) is 5.82 Å². The number of anilines is 1. The Labute approximate surface area is 116 Å². The first-order valence-electron chi connectivity index (χ1n) is 6.11. The van der Waals surface area contributed by atoms with E-state index in [0.717, 1.165) is 26.0 Å². The van der Waals surface area contributed by atoms with Crippen molar-refractivity contribution in [3.05, 3.63) is 34.5 Å².